The number of nitriles is 1. The van der Waals surface area contributed by atoms with E-state index in [-0.39, 0.29) is 33.9 Å². The maximum Gasteiger partial charge on any atom is 0.411 e. The summed E-state index contributed by atoms with van der Waals surface area (Å²) in [7, 11) is -4.13. The summed E-state index contributed by atoms with van der Waals surface area (Å²) >= 11 is 0. The number of aliphatic hydroxyl groups is 1. The number of nitrogens with one attached hydrogen (secondary N) is 1. The highest BCUT2D eigenvalue weighted by atomic mass is 32.2. The number of benzene rings is 2. The highest BCUT2D eigenvalue weighted by Gasteiger charge is 2.40. The molecule has 9 nitrogen and oxygen atoms in total. The molecule has 0 bridgehead atoms. The molecule has 33 heavy (non-hydrogen) atoms. The van der Waals surface area contributed by atoms with Gasteiger partial charge < -0.3 is 14.6 Å². The predicted octanol–water partition coefficient (Wildman–Crippen LogP) is 3.49. The Morgan fingerprint density at radius 1 is 1.27 bits per heavy atom. The lowest BCUT2D eigenvalue weighted by Crippen LogP contribution is -2.52. The number of fused-ring (bicyclic) bond motifs is 1. The smallest absolute Gasteiger partial charge is 0.411 e. The molecule has 1 amide bonds. The first-order valence-corrected chi connectivity index (χ1v) is 11.8. The first-order valence-electron chi connectivity index (χ1n) is 10.4. The number of hydrogen-bond donors (Lipinski definition) is 2. The van der Waals surface area contributed by atoms with Gasteiger partial charge in [-0.2, -0.15) is 5.26 Å². The van der Waals surface area contributed by atoms with E-state index < -0.39 is 34.9 Å². The van der Waals surface area contributed by atoms with E-state index in [0.29, 0.717) is 5.69 Å². The van der Waals surface area contributed by atoms with Crippen molar-refractivity contribution in [2.24, 2.45) is 5.41 Å². The lowest BCUT2D eigenvalue weighted by molar-refractivity contribution is 0.0925. The van der Waals surface area contributed by atoms with Crippen LogP contribution in [0.5, 0.6) is 5.75 Å². The molecule has 0 saturated heterocycles. The monoisotopic (exact) mass is 473 g/mol. The van der Waals surface area contributed by atoms with Gasteiger partial charge in [-0.05, 0) is 48.7 Å². The average Bonchev–Trinajstić information content (AvgIpc) is 2.76. The standard InChI is InChI=1S/C23H27N3O6S/c1-15-21(13-27)32-20-9-8-17(25-22(28)31-14-23(2,3)4)11-19(20)26(15)33(29,30)18-7-5-6-16(10-18)12-24/h5-11,15,21,27H,13-14H2,1-4H3,(H,25,28). The van der Waals surface area contributed by atoms with Crippen molar-refractivity contribution in [2.75, 3.05) is 22.8 Å². The third-order valence-corrected chi connectivity index (χ3v) is 6.86. The highest BCUT2D eigenvalue weighted by Crippen LogP contribution is 2.41. The fraction of sp³-hybridized carbons (Fsp3) is 0.391. The SMILES string of the molecule is CC1C(CO)Oc2ccc(NC(=O)OCC(C)(C)C)cc2N1S(=O)(=O)c1cccc(C#N)c1. The largest absolute Gasteiger partial charge is 0.484 e. The molecule has 2 aromatic carbocycles. The first kappa shape index (κ1) is 24.4. The molecule has 3 rings (SSSR count). The van der Waals surface area contributed by atoms with Crippen molar-refractivity contribution in [3.05, 3.63) is 48.0 Å². The molecule has 0 saturated carbocycles. The van der Waals surface area contributed by atoms with Gasteiger partial charge in [-0.25, -0.2) is 13.2 Å². The van der Waals surface area contributed by atoms with Crippen LogP contribution in [-0.4, -0.2) is 45.0 Å². The summed E-state index contributed by atoms with van der Waals surface area (Å²) in [5.74, 6) is 0.237. The number of anilines is 2. The lowest BCUT2D eigenvalue weighted by atomic mass is 9.99. The van der Waals surface area contributed by atoms with E-state index in [4.69, 9.17) is 9.47 Å². The zero-order chi connectivity index (χ0) is 24.4. The summed E-state index contributed by atoms with van der Waals surface area (Å²) in [5.41, 5.74) is 0.506. The molecule has 0 fully saturated rings. The van der Waals surface area contributed by atoms with Gasteiger partial charge in [0.15, 0.2) is 0 Å². The van der Waals surface area contributed by atoms with Crippen LogP contribution in [0.25, 0.3) is 0 Å². The van der Waals surface area contributed by atoms with E-state index in [1.807, 2.05) is 26.8 Å². The molecular formula is C23H27N3O6S. The Hall–Kier alpha value is -3.29. The Balaban J connectivity index is 2.00. The van der Waals surface area contributed by atoms with Gasteiger partial charge in [-0.3, -0.25) is 9.62 Å². The van der Waals surface area contributed by atoms with Crippen LogP contribution in [0.4, 0.5) is 16.2 Å². The molecule has 0 spiro atoms. The number of nitrogens with zero attached hydrogens (tertiary/aromatic N) is 2. The molecular weight excluding hydrogens is 446 g/mol. The van der Waals surface area contributed by atoms with Crippen LogP contribution in [0.1, 0.15) is 33.3 Å². The van der Waals surface area contributed by atoms with Crippen LogP contribution < -0.4 is 14.4 Å². The maximum atomic E-state index is 13.6. The van der Waals surface area contributed by atoms with Crippen LogP contribution in [0.3, 0.4) is 0 Å². The number of carbonyl (C=O) groups is 1. The molecule has 0 radical (unpaired) electrons. The van der Waals surface area contributed by atoms with Gasteiger partial charge in [0, 0.05) is 5.69 Å². The van der Waals surface area contributed by atoms with Gasteiger partial charge in [0.1, 0.15) is 11.9 Å². The third kappa shape index (κ3) is 5.38. The van der Waals surface area contributed by atoms with E-state index in [1.165, 1.54) is 36.4 Å². The van der Waals surface area contributed by atoms with Crippen molar-refractivity contribution in [1.29, 1.82) is 5.26 Å². The second kappa shape index (κ2) is 9.29. The van der Waals surface area contributed by atoms with Crippen molar-refractivity contribution >= 4 is 27.5 Å². The fourth-order valence-corrected chi connectivity index (χ4v) is 5.04. The van der Waals surface area contributed by atoms with Gasteiger partial charge in [-0.15, -0.1) is 0 Å². The molecule has 2 N–H and O–H groups in total. The maximum absolute atomic E-state index is 13.6. The van der Waals surface area contributed by atoms with Crippen LogP contribution in [0.2, 0.25) is 0 Å². The Morgan fingerprint density at radius 3 is 2.64 bits per heavy atom. The minimum Gasteiger partial charge on any atom is -0.484 e. The minimum atomic E-state index is -4.13. The van der Waals surface area contributed by atoms with Gasteiger partial charge >= 0.3 is 6.09 Å². The van der Waals surface area contributed by atoms with E-state index in [2.05, 4.69) is 5.32 Å². The summed E-state index contributed by atoms with van der Waals surface area (Å²) in [5, 5.41) is 21.5. The van der Waals surface area contributed by atoms with Gasteiger partial charge in [0.2, 0.25) is 0 Å². The molecule has 10 heteroatoms. The van der Waals surface area contributed by atoms with Crippen LogP contribution in [-0.2, 0) is 14.8 Å². The van der Waals surface area contributed by atoms with Crippen molar-refractivity contribution < 1.29 is 27.8 Å². The van der Waals surface area contributed by atoms with Gasteiger partial charge in [-0.1, -0.05) is 26.8 Å². The molecule has 2 aromatic rings. The lowest BCUT2D eigenvalue weighted by Gasteiger charge is -2.40. The highest BCUT2D eigenvalue weighted by molar-refractivity contribution is 7.92. The minimum absolute atomic E-state index is 0.0686. The number of hydrogen-bond acceptors (Lipinski definition) is 7. The number of ether oxygens (including phenoxy) is 2. The number of carbonyl (C=O) groups excluding carboxylic acids is 1. The normalized spacial score (nSPS) is 18.0. The molecule has 2 atom stereocenters. The van der Waals surface area contributed by atoms with Crippen molar-refractivity contribution in [1.82, 2.24) is 0 Å². The van der Waals surface area contributed by atoms with E-state index in [9.17, 15) is 23.6 Å². The Kier molecular flexibility index (Phi) is 6.86. The number of rotatable bonds is 5. The topological polar surface area (TPSA) is 129 Å². The van der Waals surface area contributed by atoms with Crippen molar-refractivity contribution in [3.8, 4) is 11.8 Å². The summed E-state index contributed by atoms with van der Waals surface area (Å²) in [6.07, 6.45) is -1.47. The molecule has 176 valence electrons. The quantitative estimate of drug-likeness (QED) is 0.680. The summed E-state index contributed by atoms with van der Waals surface area (Å²) in [4.78, 5) is 12.1. The van der Waals surface area contributed by atoms with Gasteiger partial charge in [0.05, 0.1) is 41.5 Å². The first-order chi connectivity index (χ1) is 15.5. The second-order valence-corrected chi connectivity index (χ2v) is 10.8. The van der Waals surface area contributed by atoms with E-state index >= 15 is 0 Å². The Morgan fingerprint density at radius 2 is 2.00 bits per heavy atom. The third-order valence-electron chi connectivity index (χ3n) is 4.97. The summed E-state index contributed by atoms with van der Waals surface area (Å²) in [6.45, 7) is 7.22. The van der Waals surface area contributed by atoms with Crippen molar-refractivity contribution in [3.63, 3.8) is 0 Å². The van der Waals surface area contributed by atoms with E-state index in [0.717, 1.165) is 4.31 Å². The molecule has 1 heterocycles. The molecule has 0 aromatic heterocycles. The predicted molar refractivity (Wildman–Crippen MR) is 123 cm³/mol. The molecule has 1 aliphatic rings. The number of amides is 1. The molecule has 0 aliphatic carbocycles. The molecule has 1 aliphatic heterocycles. The summed E-state index contributed by atoms with van der Waals surface area (Å²) in [6, 6.07) is 11.4. The van der Waals surface area contributed by atoms with Gasteiger partial charge in [0.25, 0.3) is 10.0 Å². The van der Waals surface area contributed by atoms with E-state index in [1.54, 1.807) is 13.0 Å². The summed E-state index contributed by atoms with van der Waals surface area (Å²) < 4.78 is 39.4. The number of sulfonamides is 1. The zero-order valence-electron chi connectivity index (χ0n) is 18.9. The van der Waals surface area contributed by atoms with Crippen molar-refractivity contribution in [2.45, 2.75) is 44.7 Å². The van der Waals surface area contributed by atoms with Crippen LogP contribution in [0, 0.1) is 16.7 Å². The Labute approximate surface area is 193 Å². The fourth-order valence-electron chi connectivity index (χ4n) is 3.31. The zero-order valence-corrected chi connectivity index (χ0v) is 19.7. The van der Waals surface area contributed by atoms with Crippen LogP contribution in [0.15, 0.2) is 47.4 Å². The Bertz CT molecular complexity index is 1180. The van der Waals surface area contributed by atoms with Crippen LogP contribution >= 0.6 is 0 Å². The second-order valence-electron chi connectivity index (χ2n) is 8.96. The number of aliphatic hydroxyl groups excluding tert-OH is 1. The molecule has 2 unspecified atom stereocenters. The average molecular weight is 474 g/mol.